The lowest BCUT2D eigenvalue weighted by atomic mass is 10.4. The second kappa shape index (κ2) is 6.84. The Morgan fingerprint density at radius 3 is 1.67 bits per heavy atom. The molecule has 14 nitrogen and oxygen atoms in total. The molecule has 0 heterocycles. The lowest BCUT2D eigenvalue weighted by Gasteiger charge is -2.08. The van der Waals surface area contributed by atoms with Crippen LogP contribution >= 0.6 is 0 Å². The highest BCUT2D eigenvalue weighted by molar-refractivity contribution is 4.48. The first-order valence-corrected chi connectivity index (χ1v) is 4.06. The van der Waals surface area contributed by atoms with Crippen LogP contribution in [0.25, 0.3) is 0 Å². The number of hydrogen-bond acceptors (Lipinski definition) is 10. The van der Waals surface area contributed by atoms with Gasteiger partial charge in [0.25, 0.3) is 5.09 Å². The third kappa shape index (κ3) is 4.92. The highest BCUT2D eigenvalue weighted by Crippen LogP contribution is 2.05. The van der Waals surface area contributed by atoms with E-state index in [0.717, 1.165) is 0 Å². The molecule has 102 valence electrons. The fourth-order valence-corrected chi connectivity index (χ4v) is 0.822. The second-order valence-corrected chi connectivity index (χ2v) is 2.59. The Morgan fingerprint density at radius 2 is 1.33 bits per heavy atom. The van der Waals surface area contributed by atoms with Crippen molar-refractivity contribution in [3.63, 3.8) is 0 Å². The molecule has 14 heteroatoms. The number of nitro groups is 3. The van der Waals surface area contributed by atoms with Gasteiger partial charge in [-0.2, -0.15) is 0 Å². The molecule has 1 atom stereocenters. The van der Waals surface area contributed by atoms with E-state index in [0.29, 0.717) is 0 Å². The van der Waals surface area contributed by atoms with Gasteiger partial charge < -0.3 is 9.57 Å². The molecule has 18 heavy (non-hydrogen) atoms. The van der Waals surface area contributed by atoms with Crippen molar-refractivity contribution in [2.75, 3.05) is 13.2 Å². The predicted octanol–water partition coefficient (Wildman–Crippen LogP) is -1.31. The van der Waals surface area contributed by atoms with Gasteiger partial charge in [-0.1, -0.05) is 0 Å². The fraction of sp³-hybridized carbons (Fsp3) is 1.00. The maximum atomic E-state index is 10.4. The molecule has 0 bridgehead atoms. The summed E-state index contributed by atoms with van der Waals surface area (Å²) in [6.45, 7) is -1.54. The van der Waals surface area contributed by atoms with Gasteiger partial charge in [0.1, 0.15) is 16.5 Å². The van der Waals surface area contributed by atoms with Crippen molar-refractivity contribution >= 4 is 0 Å². The van der Waals surface area contributed by atoms with E-state index in [4.69, 9.17) is 0 Å². The number of hydrogen-bond donors (Lipinski definition) is 0. The molecular weight excluding hydrogens is 264 g/mol. The SMILES string of the molecule is O=[N+]([O-])OCCOC(C([N+](=O)[O-])[N+](=O)[O-])[N+](=O)[O-]. The molecule has 0 aliphatic heterocycles. The van der Waals surface area contributed by atoms with Crippen LogP contribution in [0.15, 0.2) is 0 Å². The minimum absolute atomic E-state index is 0.751. The summed E-state index contributed by atoms with van der Waals surface area (Å²) in [5, 5.41) is 39.4. The topological polar surface area (TPSA) is 191 Å². The summed E-state index contributed by atoms with van der Waals surface area (Å²) in [5.74, 6) is 0. The van der Waals surface area contributed by atoms with E-state index < -0.39 is 45.5 Å². The molecule has 0 radical (unpaired) electrons. The maximum Gasteiger partial charge on any atom is 0.541 e. The van der Waals surface area contributed by atoms with Crippen molar-refractivity contribution in [2.24, 2.45) is 0 Å². The van der Waals surface area contributed by atoms with Gasteiger partial charge in [0.15, 0.2) is 0 Å². The maximum absolute atomic E-state index is 10.4. The molecule has 0 aliphatic rings. The van der Waals surface area contributed by atoms with Gasteiger partial charge in [-0.3, -0.25) is 30.3 Å². The van der Waals surface area contributed by atoms with Gasteiger partial charge in [-0.05, 0) is 0 Å². The van der Waals surface area contributed by atoms with E-state index in [1.165, 1.54) is 0 Å². The van der Waals surface area contributed by atoms with Crippen LogP contribution in [0.1, 0.15) is 0 Å². The summed E-state index contributed by atoms with van der Waals surface area (Å²) in [7, 11) is 0. The zero-order chi connectivity index (χ0) is 14.3. The van der Waals surface area contributed by atoms with E-state index >= 15 is 0 Å². The standard InChI is InChI=1S/C4H6N4O10/c9-5(10)3(6(11)12)4(7(13)14)17-1-2-18-8(15)16/h3-4H,1-2H2. The normalized spacial score (nSPS) is 11.8. The summed E-state index contributed by atoms with van der Waals surface area (Å²) in [5.41, 5.74) is 0. The fourth-order valence-electron chi connectivity index (χ4n) is 0.822. The number of rotatable bonds is 9. The molecule has 0 fully saturated rings. The van der Waals surface area contributed by atoms with Crippen LogP contribution in [0.5, 0.6) is 0 Å². The van der Waals surface area contributed by atoms with Crippen molar-refractivity contribution in [2.45, 2.75) is 12.4 Å². The van der Waals surface area contributed by atoms with Gasteiger partial charge in [0, 0.05) is 0 Å². The molecule has 0 saturated heterocycles. The first kappa shape index (κ1) is 15.4. The molecule has 0 N–H and O–H groups in total. The van der Waals surface area contributed by atoms with Crippen molar-refractivity contribution < 1.29 is 29.4 Å². The molecule has 1 unspecified atom stereocenters. The minimum Gasteiger partial charge on any atom is -0.311 e. The van der Waals surface area contributed by atoms with Crippen LogP contribution in [0.3, 0.4) is 0 Å². The van der Waals surface area contributed by atoms with Crippen LogP contribution in [0.2, 0.25) is 0 Å². The summed E-state index contributed by atoms with van der Waals surface area (Å²) in [4.78, 5) is 40.0. The number of ether oxygens (including phenoxy) is 1. The lowest BCUT2D eigenvalue weighted by molar-refractivity contribution is -0.801. The van der Waals surface area contributed by atoms with Crippen molar-refractivity contribution in [1.82, 2.24) is 0 Å². The minimum atomic E-state index is -2.81. The Morgan fingerprint density at radius 1 is 0.833 bits per heavy atom. The Labute approximate surface area is 96.6 Å². The first-order valence-electron chi connectivity index (χ1n) is 4.06. The van der Waals surface area contributed by atoms with E-state index in [1.54, 1.807) is 0 Å². The summed E-state index contributed by atoms with van der Waals surface area (Å²) >= 11 is 0. The van der Waals surface area contributed by atoms with Crippen molar-refractivity contribution in [3.05, 3.63) is 40.5 Å². The van der Waals surface area contributed by atoms with Crippen LogP contribution in [0.4, 0.5) is 0 Å². The lowest BCUT2D eigenvalue weighted by Crippen LogP contribution is -2.47. The number of nitrogens with zero attached hydrogens (tertiary/aromatic N) is 4. The van der Waals surface area contributed by atoms with Crippen molar-refractivity contribution in [3.8, 4) is 0 Å². The second-order valence-electron chi connectivity index (χ2n) is 2.59. The molecular formula is C4H6N4O10. The zero-order valence-corrected chi connectivity index (χ0v) is 8.44. The van der Waals surface area contributed by atoms with E-state index in [1.807, 2.05) is 0 Å². The largest absolute Gasteiger partial charge is 0.541 e. The third-order valence-electron chi connectivity index (χ3n) is 1.46. The molecule has 0 saturated carbocycles. The van der Waals surface area contributed by atoms with Crippen molar-refractivity contribution in [1.29, 1.82) is 0 Å². The molecule has 0 aromatic carbocycles. The average molecular weight is 270 g/mol. The van der Waals surface area contributed by atoms with Crippen LogP contribution < -0.4 is 0 Å². The Kier molecular flexibility index (Phi) is 5.84. The quantitative estimate of drug-likeness (QED) is 0.210. The molecule has 0 amide bonds. The summed E-state index contributed by atoms with van der Waals surface area (Å²) in [6, 6.07) is 0. The van der Waals surface area contributed by atoms with Gasteiger partial charge in [-0.15, -0.1) is 10.1 Å². The third-order valence-corrected chi connectivity index (χ3v) is 1.46. The van der Waals surface area contributed by atoms with Crippen LogP contribution in [-0.4, -0.2) is 45.5 Å². The van der Waals surface area contributed by atoms with Gasteiger partial charge in [0.2, 0.25) is 0 Å². The van der Waals surface area contributed by atoms with Crippen LogP contribution in [0, 0.1) is 40.5 Å². The van der Waals surface area contributed by atoms with Gasteiger partial charge >= 0.3 is 12.4 Å². The highest BCUT2D eigenvalue weighted by Gasteiger charge is 2.52. The van der Waals surface area contributed by atoms with Crippen LogP contribution in [-0.2, 0) is 9.57 Å². The Bertz CT molecular complexity index is 342. The van der Waals surface area contributed by atoms with E-state index in [2.05, 4.69) is 9.57 Å². The first-order chi connectivity index (χ1) is 8.27. The highest BCUT2D eigenvalue weighted by atomic mass is 17.0. The summed E-state index contributed by atoms with van der Waals surface area (Å²) in [6.07, 6.45) is -5.37. The van der Waals surface area contributed by atoms with Gasteiger partial charge in [0.05, 0.1) is 11.5 Å². The van der Waals surface area contributed by atoms with E-state index in [9.17, 15) is 40.5 Å². The molecule has 0 aromatic rings. The van der Waals surface area contributed by atoms with Gasteiger partial charge in [-0.25, -0.2) is 0 Å². The summed E-state index contributed by atoms with van der Waals surface area (Å²) < 4.78 is 4.23. The predicted molar refractivity (Wildman–Crippen MR) is 47.5 cm³/mol. The molecule has 0 spiro atoms. The molecule has 0 aliphatic carbocycles. The Balaban J connectivity index is 4.55. The monoisotopic (exact) mass is 270 g/mol. The molecule has 0 aromatic heterocycles. The zero-order valence-electron chi connectivity index (χ0n) is 8.44. The average Bonchev–Trinajstić information content (AvgIpc) is 2.20. The van der Waals surface area contributed by atoms with E-state index in [-0.39, 0.29) is 0 Å². The molecule has 0 rings (SSSR count). The Hall–Kier alpha value is -2.64. The smallest absolute Gasteiger partial charge is 0.311 e.